The van der Waals surface area contributed by atoms with Crippen LogP contribution in [0.5, 0.6) is 0 Å². The highest BCUT2D eigenvalue weighted by Gasteiger charge is 2.11. The molecule has 0 aliphatic rings. The number of aromatic nitrogens is 2. The van der Waals surface area contributed by atoms with E-state index in [4.69, 9.17) is 4.42 Å². The van der Waals surface area contributed by atoms with Crippen LogP contribution >= 0.6 is 11.3 Å². The van der Waals surface area contributed by atoms with Gasteiger partial charge in [-0.1, -0.05) is 36.5 Å². The van der Waals surface area contributed by atoms with Crippen molar-refractivity contribution in [3.63, 3.8) is 0 Å². The number of para-hydroxylation sites is 1. The fourth-order valence-corrected chi connectivity index (χ4v) is 2.75. The van der Waals surface area contributed by atoms with Crippen LogP contribution in [-0.4, -0.2) is 10.2 Å². The van der Waals surface area contributed by atoms with Crippen LogP contribution in [0.4, 0.5) is 5.13 Å². The Morgan fingerprint density at radius 1 is 1.26 bits per heavy atom. The Bertz CT molecular complexity index is 702. The van der Waals surface area contributed by atoms with Crippen molar-refractivity contribution in [2.24, 2.45) is 0 Å². The van der Waals surface area contributed by atoms with Gasteiger partial charge in [0.2, 0.25) is 5.13 Å². The summed E-state index contributed by atoms with van der Waals surface area (Å²) >= 11 is 1.60. The number of rotatable bonds is 4. The van der Waals surface area contributed by atoms with E-state index in [1.165, 1.54) is 5.56 Å². The summed E-state index contributed by atoms with van der Waals surface area (Å²) in [6, 6.07) is 8.09. The first-order chi connectivity index (χ1) is 9.28. The molecule has 0 aliphatic carbocycles. The number of fused-ring (bicyclic) bond motifs is 1. The fraction of sp³-hybridized carbons (Fsp3) is 0.286. The molecule has 4 nitrogen and oxygen atoms in total. The molecule has 19 heavy (non-hydrogen) atoms. The Labute approximate surface area is 115 Å². The van der Waals surface area contributed by atoms with Crippen molar-refractivity contribution in [2.75, 3.05) is 5.32 Å². The molecule has 0 bridgehead atoms. The third-order valence-corrected chi connectivity index (χ3v) is 4.11. The van der Waals surface area contributed by atoms with Crippen LogP contribution in [0.15, 0.2) is 28.7 Å². The molecule has 0 spiro atoms. The van der Waals surface area contributed by atoms with Crippen molar-refractivity contribution in [1.82, 2.24) is 10.2 Å². The number of anilines is 1. The van der Waals surface area contributed by atoms with Gasteiger partial charge in [-0.05, 0) is 19.4 Å². The third-order valence-electron chi connectivity index (χ3n) is 3.09. The molecule has 0 saturated carbocycles. The van der Waals surface area contributed by atoms with Gasteiger partial charge < -0.3 is 9.73 Å². The first-order valence-corrected chi connectivity index (χ1v) is 7.13. The lowest BCUT2D eigenvalue weighted by molar-refractivity contribution is 0.573. The topological polar surface area (TPSA) is 51.0 Å². The van der Waals surface area contributed by atoms with E-state index in [9.17, 15) is 0 Å². The van der Waals surface area contributed by atoms with E-state index in [0.29, 0.717) is 6.54 Å². The van der Waals surface area contributed by atoms with E-state index in [1.807, 2.05) is 25.1 Å². The van der Waals surface area contributed by atoms with Gasteiger partial charge in [0.15, 0.2) is 0 Å². The minimum absolute atomic E-state index is 0.710. The second kappa shape index (κ2) is 5.01. The predicted octanol–water partition coefficient (Wildman–Crippen LogP) is 3.77. The summed E-state index contributed by atoms with van der Waals surface area (Å²) in [5.41, 5.74) is 2.12. The van der Waals surface area contributed by atoms with Crippen molar-refractivity contribution in [1.29, 1.82) is 0 Å². The van der Waals surface area contributed by atoms with E-state index in [2.05, 4.69) is 28.5 Å². The molecule has 0 unspecified atom stereocenters. The Hall–Kier alpha value is -1.88. The predicted molar refractivity (Wildman–Crippen MR) is 77.6 cm³/mol. The molecule has 3 rings (SSSR count). The highest BCUT2D eigenvalue weighted by atomic mass is 32.1. The molecule has 98 valence electrons. The number of benzene rings is 1. The maximum atomic E-state index is 5.74. The van der Waals surface area contributed by atoms with Crippen LogP contribution in [0.25, 0.3) is 11.0 Å². The van der Waals surface area contributed by atoms with Crippen LogP contribution in [0.3, 0.4) is 0 Å². The number of hydrogen-bond donors (Lipinski definition) is 1. The Kier molecular flexibility index (Phi) is 3.21. The second-order valence-electron chi connectivity index (χ2n) is 4.34. The lowest BCUT2D eigenvalue weighted by Gasteiger charge is -2.01. The highest BCUT2D eigenvalue weighted by Crippen LogP contribution is 2.26. The molecule has 2 aromatic heterocycles. The van der Waals surface area contributed by atoms with Gasteiger partial charge in [-0.2, -0.15) is 0 Å². The Morgan fingerprint density at radius 3 is 2.89 bits per heavy atom. The summed E-state index contributed by atoms with van der Waals surface area (Å²) < 4.78 is 5.74. The fourth-order valence-electron chi connectivity index (χ4n) is 2.07. The van der Waals surface area contributed by atoms with Gasteiger partial charge >= 0.3 is 0 Å². The normalized spacial score (nSPS) is 11.1. The van der Waals surface area contributed by atoms with E-state index in [-0.39, 0.29) is 0 Å². The summed E-state index contributed by atoms with van der Waals surface area (Å²) in [4.78, 5) is 0. The van der Waals surface area contributed by atoms with Gasteiger partial charge in [-0.15, -0.1) is 10.2 Å². The Balaban J connectivity index is 1.83. The van der Waals surface area contributed by atoms with Crippen LogP contribution in [0, 0.1) is 6.92 Å². The summed E-state index contributed by atoms with van der Waals surface area (Å²) in [5.74, 6) is 0.953. The zero-order valence-electron chi connectivity index (χ0n) is 10.9. The van der Waals surface area contributed by atoms with Gasteiger partial charge in [-0.25, -0.2) is 0 Å². The average molecular weight is 273 g/mol. The summed E-state index contributed by atoms with van der Waals surface area (Å²) in [6.45, 7) is 4.79. The summed E-state index contributed by atoms with van der Waals surface area (Å²) in [6.07, 6.45) is 0.924. The van der Waals surface area contributed by atoms with Crippen molar-refractivity contribution < 1.29 is 4.42 Å². The maximum absolute atomic E-state index is 5.74. The van der Waals surface area contributed by atoms with Gasteiger partial charge in [0, 0.05) is 17.5 Å². The third kappa shape index (κ3) is 2.33. The maximum Gasteiger partial charge on any atom is 0.205 e. The average Bonchev–Trinajstić information content (AvgIpc) is 3.00. The zero-order chi connectivity index (χ0) is 13.2. The molecule has 0 atom stereocenters. The quantitative estimate of drug-likeness (QED) is 0.786. The van der Waals surface area contributed by atoms with Crippen LogP contribution in [-0.2, 0) is 13.0 Å². The van der Waals surface area contributed by atoms with Crippen molar-refractivity contribution in [3.8, 4) is 0 Å². The van der Waals surface area contributed by atoms with Gasteiger partial charge in [0.05, 0.1) is 0 Å². The first kappa shape index (κ1) is 12.2. The standard InChI is InChI=1S/C14H15N3OS/c1-3-13-16-17-14(19-13)15-8-11-9(2)18-12-7-5-4-6-10(11)12/h4-7H,3,8H2,1-2H3,(H,15,17). The molecule has 1 aromatic carbocycles. The van der Waals surface area contributed by atoms with E-state index in [1.54, 1.807) is 11.3 Å². The van der Waals surface area contributed by atoms with Crippen LogP contribution in [0.1, 0.15) is 23.3 Å². The summed E-state index contributed by atoms with van der Waals surface area (Å²) in [7, 11) is 0. The lowest BCUT2D eigenvalue weighted by atomic mass is 10.1. The smallest absolute Gasteiger partial charge is 0.205 e. The number of hydrogen-bond acceptors (Lipinski definition) is 5. The monoisotopic (exact) mass is 273 g/mol. The number of furan rings is 1. The number of nitrogens with one attached hydrogen (secondary N) is 1. The van der Waals surface area contributed by atoms with Crippen molar-refractivity contribution in [2.45, 2.75) is 26.8 Å². The molecule has 1 N–H and O–H groups in total. The molecular formula is C14H15N3OS. The molecule has 2 heterocycles. The molecule has 0 saturated heterocycles. The molecule has 0 fully saturated rings. The molecular weight excluding hydrogens is 258 g/mol. The second-order valence-corrected chi connectivity index (χ2v) is 5.40. The number of nitrogens with zero attached hydrogens (tertiary/aromatic N) is 2. The Morgan fingerprint density at radius 2 is 2.11 bits per heavy atom. The van der Waals surface area contributed by atoms with Gasteiger partial charge in [0.25, 0.3) is 0 Å². The lowest BCUT2D eigenvalue weighted by Crippen LogP contribution is -1.99. The van der Waals surface area contributed by atoms with Gasteiger partial charge in [-0.3, -0.25) is 0 Å². The van der Waals surface area contributed by atoms with Crippen molar-refractivity contribution >= 4 is 27.4 Å². The van der Waals surface area contributed by atoms with E-state index in [0.717, 1.165) is 33.3 Å². The van der Waals surface area contributed by atoms with E-state index >= 15 is 0 Å². The van der Waals surface area contributed by atoms with Gasteiger partial charge in [0.1, 0.15) is 16.4 Å². The van der Waals surface area contributed by atoms with E-state index < -0.39 is 0 Å². The zero-order valence-corrected chi connectivity index (χ0v) is 11.8. The molecule has 0 aliphatic heterocycles. The number of aryl methyl sites for hydroxylation is 2. The minimum atomic E-state index is 0.710. The van der Waals surface area contributed by atoms with Crippen molar-refractivity contribution in [3.05, 3.63) is 40.6 Å². The van der Waals surface area contributed by atoms with Crippen LogP contribution in [0.2, 0.25) is 0 Å². The molecule has 5 heteroatoms. The van der Waals surface area contributed by atoms with Crippen LogP contribution < -0.4 is 5.32 Å². The molecule has 0 amide bonds. The SMILES string of the molecule is CCc1nnc(NCc2c(C)oc3ccccc23)s1. The first-order valence-electron chi connectivity index (χ1n) is 6.31. The summed E-state index contributed by atoms with van der Waals surface area (Å²) in [5, 5.41) is 14.6. The molecule has 0 radical (unpaired) electrons. The highest BCUT2D eigenvalue weighted by molar-refractivity contribution is 7.15. The minimum Gasteiger partial charge on any atom is -0.461 e. The largest absolute Gasteiger partial charge is 0.461 e. The molecule has 3 aromatic rings.